The SMILES string of the molecule is COc1ccc(NC(=O)Cc2nn[nH]n2)cc1[N+](=O)[O-]. The molecule has 20 heavy (non-hydrogen) atoms. The van der Waals surface area contributed by atoms with Crippen LogP contribution in [0.2, 0.25) is 0 Å². The molecule has 0 fully saturated rings. The Hall–Kier alpha value is -3.04. The Labute approximate surface area is 112 Å². The largest absolute Gasteiger partial charge is 0.490 e. The van der Waals surface area contributed by atoms with Crippen molar-refractivity contribution in [2.75, 3.05) is 12.4 Å². The van der Waals surface area contributed by atoms with Gasteiger partial charge in [-0.2, -0.15) is 5.21 Å². The number of rotatable bonds is 5. The Kier molecular flexibility index (Phi) is 3.84. The molecule has 10 nitrogen and oxygen atoms in total. The summed E-state index contributed by atoms with van der Waals surface area (Å²) in [5, 5.41) is 26.2. The molecule has 2 aromatic rings. The number of nitrogens with zero attached hydrogens (tertiary/aromatic N) is 4. The predicted octanol–water partition coefficient (Wildman–Crippen LogP) is 0.298. The minimum Gasteiger partial charge on any atom is -0.490 e. The molecule has 0 bridgehead atoms. The van der Waals surface area contributed by atoms with Crippen LogP contribution in [0, 0.1) is 10.1 Å². The maximum atomic E-state index is 11.7. The van der Waals surface area contributed by atoms with Gasteiger partial charge in [-0.3, -0.25) is 14.9 Å². The number of tetrazole rings is 1. The molecule has 0 unspecified atom stereocenters. The summed E-state index contributed by atoms with van der Waals surface area (Å²) in [6.45, 7) is 0. The van der Waals surface area contributed by atoms with E-state index in [1.807, 2.05) is 0 Å². The van der Waals surface area contributed by atoms with Crippen LogP contribution < -0.4 is 10.1 Å². The maximum Gasteiger partial charge on any atom is 0.312 e. The molecular formula is C10H10N6O4. The number of ether oxygens (including phenoxy) is 1. The molecule has 10 heteroatoms. The lowest BCUT2D eigenvalue weighted by Crippen LogP contribution is -2.15. The molecule has 0 aliphatic carbocycles. The minimum atomic E-state index is -0.590. The van der Waals surface area contributed by atoms with Crippen LogP contribution in [-0.2, 0) is 11.2 Å². The lowest BCUT2D eigenvalue weighted by atomic mass is 10.2. The molecule has 0 aliphatic heterocycles. The lowest BCUT2D eigenvalue weighted by Gasteiger charge is -2.06. The molecule has 2 rings (SSSR count). The van der Waals surface area contributed by atoms with Crippen molar-refractivity contribution in [3.8, 4) is 5.75 Å². The van der Waals surface area contributed by atoms with Crippen LogP contribution in [0.25, 0.3) is 0 Å². The molecule has 0 saturated heterocycles. The smallest absolute Gasteiger partial charge is 0.312 e. The number of hydrogen-bond acceptors (Lipinski definition) is 7. The number of aromatic amines is 1. The molecule has 0 aliphatic rings. The molecular weight excluding hydrogens is 268 g/mol. The van der Waals surface area contributed by atoms with Gasteiger partial charge in [-0.25, -0.2) is 0 Å². The quantitative estimate of drug-likeness (QED) is 0.592. The molecule has 0 radical (unpaired) electrons. The highest BCUT2D eigenvalue weighted by Crippen LogP contribution is 2.29. The van der Waals surface area contributed by atoms with E-state index in [0.717, 1.165) is 0 Å². The van der Waals surface area contributed by atoms with E-state index in [2.05, 4.69) is 25.9 Å². The monoisotopic (exact) mass is 278 g/mol. The van der Waals surface area contributed by atoms with E-state index in [0.29, 0.717) is 0 Å². The van der Waals surface area contributed by atoms with Crippen molar-refractivity contribution in [2.24, 2.45) is 0 Å². The number of carbonyl (C=O) groups is 1. The van der Waals surface area contributed by atoms with Gasteiger partial charge in [-0.05, 0) is 12.1 Å². The molecule has 0 spiro atoms. The lowest BCUT2D eigenvalue weighted by molar-refractivity contribution is -0.385. The van der Waals surface area contributed by atoms with E-state index in [1.165, 1.54) is 25.3 Å². The number of hydrogen-bond donors (Lipinski definition) is 2. The average Bonchev–Trinajstić information content (AvgIpc) is 2.91. The van der Waals surface area contributed by atoms with Gasteiger partial charge >= 0.3 is 5.69 Å². The fraction of sp³-hybridized carbons (Fsp3) is 0.200. The Morgan fingerprint density at radius 2 is 2.35 bits per heavy atom. The Morgan fingerprint density at radius 1 is 1.55 bits per heavy atom. The highest BCUT2D eigenvalue weighted by Gasteiger charge is 2.16. The number of methoxy groups -OCH3 is 1. The van der Waals surface area contributed by atoms with Crippen molar-refractivity contribution in [3.05, 3.63) is 34.1 Å². The number of nitrogens with one attached hydrogen (secondary N) is 2. The van der Waals surface area contributed by atoms with E-state index in [-0.39, 0.29) is 29.4 Å². The Morgan fingerprint density at radius 3 is 2.95 bits per heavy atom. The number of nitro groups is 1. The van der Waals surface area contributed by atoms with Crippen molar-refractivity contribution >= 4 is 17.3 Å². The average molecular weight is 278 g/mol. The number of aromatic nitrogens is 4. The second-order valence-electron chi connectivity index (χ2n) is 3.70. The van der Waals surface area contributed by atoms with Crippen LogP contribution >= 0.6 is 0 Å². The summed E-state index contributed by atoms with van der Waals surface area (Å²) in [6.07, 6.45) is -0.0870. The van der Waals surface area contributed by atoms with E-state index in [4.69, 9.17) is 4.74 Å². The summed E-state index contributed by atoms with van der Waals surface area (Å²) in [5.41, 5.74) is 0.0517. The molecule has 1 aromatic carbocycles. The van der Waals surface area contributed by atoms with Gasteiger partial charge in [0.1, 0.15) is 0 Å². The standard InChI is InChI=1S/C10H10N6O4/c1-20-8-3-2-6(4-7(8)16(18)19)11-10(17)5-9-12-14-15-13-9/h2-4H,5H2,1H3,(H,11,17)(H,12,13,14,15). The first-order chi connectivity index (χ1) is 9.60. The zero-order valence-corrected chi connectivity index (χ0v) is 10.4. The second kappa shape index (κ2) is 5.73. The summed E-state index contributed by atoms with van der Waals surface area (Å²) in [7, 11) is 1.33. The van der Waals surface area contributed by atoms with Crippen molar-refractivity contribution in [3.63, 3.8) is 0 Å². The minimum absolute atomic E-state index is 0.0870. The molecule has 104 valence electrons. The van der Waals surface area contributed by atoms with Crippen molar-refractivity contribution in [1.29, 1.82) is 0 Å². The van der Waals surface area contributed by atoms with Crippen molar-refractivity contribution in [1.82, 2.24) is 20.6 Å². The molecule has 1 heterocycles. The topological polar surface area (TPSA) is 136 Å². The third-order valence-corrected chi connectivity index (χ3v) is 2.37. The van der Waals surface area contributed by atoms with Gasteiger partial charge in [0.05, 0.1) is 18.5 Å². The summed E-state index contributed by atoms with van der Waals surface area (Å²) >= 11 is 0. The van der Waals surface area contributed by atoms with Gasteiger partial charge in [0, 0.05) is 11.8 Å². The molecule has 1 aromatic heterocycles. The van der Waals surface area contributed by atoms with Gasteiger partial charge in [0.2, 0.25) is 5.91 Å². The second-order valence-corrected chi connectivity index (χ2v) is 3.70. The first-order valence-corrected chi connectivity index (χ1v) is 5.44. The first-order valence-electron chi connectivity index (χ1n) is 5.44. The van der Waals surface area contributed by atoms with Gasteiger partial charge in [0.25, 0.3) is 0 Å². The van der Waals surface area contributed by atoms with Crippen LogP contribution in [0.3, 0.4) is 0 Å². The van der Waals surface area contributed by atoms with E-state index in [1.54, 1.807) is 0 Å². The molecule has 1 amide bonds. The maximum absolute atomic E-state index is 11.7. The molecule has 0 atom stereocenters. The predicted molar refractivity (Wildman–Crippen MR) is 66.2 cm³/mol. The van der Waals surface area contributed by atoms with Crippen molar-refractivity contribution in [2.45, 2.75) is 6.42 Å². The van der Waals surface area contributed by atoms with Gasteiger partial charge < -0.3 is 10.1 Å². The summed E-state index contributed by atoms with van der Waals surface area (Å²) in [6, 6.07) is 4.12. The number of H-pyrrole nitrogens is 1. The normalized spacial score (nSPS) is 10.1. The number of amides is 1. The summed E-state index contributed by atoms with van der Waals surface area (Å²) in [4.78, 5) is 21.9. The van der Waals surface area contributed by atoms with Crippen LogP contribution in [0.15, 0.2) is 18.2 Å². The number of benzene rings is 1. The van der Waals surface area contributed by atoms with Crippen LogP contribution in [0.4, 0.5) is 11.4 Å². The number of nitro benzene ring substituents is 1. The van der Waals surface area contributed by atoms with Crippen LogP contribution in [0.1, 0.15) is 5.82 Å². The zero-order valence-electron chi connectivity index (χ0n) is 10.4. The van der Waals surface area contributed by atoms with E-state index >= 15 is 0 Å². The summed E-state index contributed by atoms with van der Waals surface area (Å²) in [5.74, 6) is -0.0671. The van der Waals surface area contributed by atoms with Gasteiger partial charge in [0.15, 0.2) is 11.6 Å². The Bertz CT molecular complexity index is 627. The fourth-order valence-corrected chi connectivity index (χ4v) is 1.52. The Balaban J connectivity index is 2.11. The van der Waals surface area contributed by atoms with Crippen LogP contribution in [0.5, 0.6) is 5.75 Å². The van der Waals surface area contributed by atoms with Gasteiger partial charge in [-0.1, -0.05) is 5.21 Å². The van der Waals surface area contributed by atoms with E-state index < -0.39 is 10.8 Å². The highest BCUT2D eigenvalue weighted by atomic mass is 16.6. The third-order valence-electron chi connectivity index (χ3n) is 2.37. The zero-order chi connectivity index (χ0) is 14.5. The van der Waals surface area contributed by atoms with E-state index in [9.17, 15) is 14.9 Å². The highest BCUT2D eigenvalue weighted by molar-refractivity contribution is 5.92. The van der Waals surface area contributed by atoms with Crippen LogP contribution in [-0.4, -0.2) is 38.6 Å². The van der Waals surface area contributed by atoms with Gasteiger partial charge in [-0.15, -0.1) is 10.2 Å². The molecule has 2 N–H and O–H groups in total. The number of carbonyl (C=O) groups excluding carboxylic acids is 1. The third kappa shape index (κ3) is 3.04. The summed E-state index contributed by atoms with van der Waals surface area (Å²) < 4.78 is 4.87. The van der Waals surface area contributed by atoms with Crippen molar-refractivity contribution < 1.29 is 14.5 Å². The first kappa shape index (κ1) is 13.4. The fourth-order valence-electron chi connectivity index (χ4n) is 1.52. The number of anilines is 1. The molecule has 0 saturated carbocycles.